The first-order valence-corrected chi connectivity index (χ1v) is 29.2. The minimum Gasteiger partial charge on any atom is -0.426 e. The Labute approximate surface area is 411 Å². The maximum Gasteiger partial charge on any atom is 0.397 e. The molecule has 0 radical (unpaired) electrons. The van der Waals surface area contributed by atoms with Crippen LogP contribution in [0.25, 0.3) is 0 Å². The highest BCUT2D eigenvalue weighted by Crippen LogP contribution is 2.60. The lowest BCUT2D eigenvalue weighted by molar-refractivity contribution is -0.0262. The predicted molar refractivity (Wildman–Crippen MR) is 280 cm³/mol. The summed E-state index contributed by atoms with van der Waals surface area (Å²) in [6.07, 6.45) is 13.7. The van der Waals surface area contributed by atoms with Crippen molar-refractivity contribution in [3.63, 3.8) is 0 Å². The van der Waals surface area contributed by atoms with Gasteiger partial charge < -0.3 is 13.6 Å². The summed E-state index contributed by atoms with van der Waals surface area (Å²) in [5.41, 5.74) is 1.73. The molecule has 2 unspecified atom stereocenters. The molecular weight excluding hydrogens is 867 g/mol. The first-order chi connectivity index (χ1) is 32.1. The van der Waals surface area contributed by atoms with Crippen LogP contribution in [-0.2, 0) is 28.2 Å². The number of rotatable bonds is 19. The Kier molecular flexibility index (Phi) is 19.4. The van der Waals surface area contributed by atoms with Crippen LogP contribution in [0.1, 0.15) is 177 Å². The van der Waals surface area contributed by atoms with E-state index in [2.05, 4.69) is 168 Å². The molecule has 372 valence electrons. The standard InChI is InChI=1S/C59H90O6P2/c1-39(2)49-31-27-43(9)35-55(49)61-66(62-56-36-44(10)28-32-50(56)40(3)4)60-54-26-20-19-25-53(54)59(47-21-15-13-16-22-47,48-23-17-14-18-24-48)65-67(63-57-37-45(11)29-33-51(57)41(5)6)64-58-38-46(12)30-34-52(58)42(7)8/h13-26,39-46,49-52,55-58H,27-38H2,1-12H3/t43-,44-,45-,46-,49+,50+,51+,52+,55-,56?,57-,58-,66?/m1/s1. The highest BCUT2D eigenvalue weighted by Gasteiger charge is 2.48. The Morgan fingerprint density at radius 2 is 0.716 bits per heavy atom. The Balaban J connectivity index is 1.37. The molecule has 4 saturated carbocycles. The van der Waals surface area contributed by atoms with Crippen molar-refractivity contribution in [1.82, 2.24) is 0 Å². The highest BCUT2D eigenvalue weighted by atomic mass is 31.2. The molecule has 13 atom stereocenters. The Hall–Kier alpha value is -1.88. The van der Waals surface area contributed by atoms with Crippen LogP contribution in [0, 0.1) is 71.0 Å². The Morgan fingerprint density at radius 1 is 0.403 bits per heavy atom. The van der Waals surface area contributed by atoms with Gasteiger partial charge in [0.25, 0.3) is 0 Å². The first kappa shape index (κ1) is 52.9. The minimum atomic E-state index is -1.92. The molecule has 0 bridgehead atoms. The fraction of sp³-hybridized carbons (Fsp3) is 0.695. The largest absolute Gasteiger partial charge is 0.426 e. The Morgan fingerprint density at radius 3 is 1.06 bits per heavy atom. The smallest absolute Gasteiger partial charge is 0.397 e. The average Bonchev–Trinajstić information content (AvgIpc) is 3.28. The van der Waals surface area contributed by atoms with Crippen LogP contribution < -0.4 is 4.52 Å². The lowest BCUT2D eigenvalue weighted by atomic mass is 9.75. The molecule has 0 aliphatic heterocycles. The summed E-state index contributed by atoms with van der Waals surface area (Å²) in [5.74, 6) is 6.73. The average molecular weight is 957 g/mol. The van der Waals surface area contributed by atoms with E-state index in [4.69, 9.17) is 27.1 Å². The summed E-state index contributed by atoms with van der Waals surface area (Å²) in [7, 11) is -3.74. The van der Waals surface area contributed by atoms with Gasteiger partial charge in [0.1, 0.15) is 5.75 Å². The second-order valence-electron chi connectivity index (χ2n) is 23.4. The van der Waals surface area contributed by atoms with Gasteiger partial charge in [-0.05, 0) is 140 Å². The zero-order valence-electron chi connectivity index (χ0n) is 43.6. The van der Waals surface area contributed by atoms with Gasteiger partial charge in [-0.15, -0.1) is 0 Å². The quantitative estimate of drug-likeness (QED) is 0.0881. The van der Waals surface area contributed by atoms with E-state index in [0.29, 0.717) is 76.8 Å². The minimum absolute atomic E-state index is 0.0253. The van der Waals surface area contributed by atoms with Gasteiger partial charge in [0, 0.05) is 5.56 Å². The van der Waals surface area contributed by atoms with Crippen LogP contribution in [0.15, 0.2) is 84.9 Å². The van der Waals surface area contributed by atoms with Gasteiger partial charge in [0.2, 0.25) is 0 Å². The molecule has 3 aromatic carbocycles. The van der Waals surface area contributed by atoms with E-state index in [-0.39, 0.29) is 24.4 Å². The van der Waals surface area contributed by atoms with Crippen LogP contribution in [0.5, 0.6) is 5.75 Å². The van der Waals surface area contributed by atoms with Crippen molar-refractivity contribution >= 4 is 17.2 Å². The molecule has 0 saturated heterocycles. The second-order valence-corrected chi connectivity index (χ2v) is 25.5. The molecular formula is C59H90O6P2. The molecule has 0 amide bonds. The summed E-state index contributed by atoms with van der Waals surface area (Å²) in [6.45, 7) is 28.4. The predicted octanol–water partition coefficient (Wildman–Crippen LogP) is 17.7. The highest BCUT2D eigenvalue weighted by molar-refractivity contribution is 7.42. The van der Waals surface area contributed by atoms with E-state index in [1.807, 2.05) is 0 Å². The van der Waals surface area contributed by atoms with Gasteiger partial charge in [-0.3, -0.25) is 13.6 Å². The lowest BCUT2D eigenvalue weighted by Crippen LogP contribution is -2.38. The topological polar surface area (TPSA) is 55.4 Å². The van der Waals surface area contributed by atoms with Gasteiger partial charge in [-0.1, -0.05) is 188 Å². The van der Waals surface area contributed by atoms with E-state index < -0.39 is 22.8 Å². The van der Waals surface area contributed by atoms with Gasteiger partial charge in [0.15, 0.2) is 5.60 Å². The summed E-state index contributed by atoms with van der Waals surface area (Å²) < 4.78 is 45.5. The molecule has 0 spiro atoms. The van der Waals surface area contributed by atoms with Gasteiger partial charge in [-0.25, -0.2) is 0 Å². The summed E-state index contributed by atoms with van der Waals surface area (Å²) in [6, 6.07) is 30.1. The van der Waals surface area contributed by atoms with Crippen molar-refractivity contribution in [1.29, 1.82) is 0 Å². The number of hydrogen-bond acceptors (Lipinski definition) is 6. The van der Waals surface area contributed by atoms with Crippen molar-refractivity contribution in [3.8, 4) is 5.75 Å². The third-order valence-electron chi connectivity index (χ3n) is 16.7. The fourth-order valence-corrected chi connectivity index (χ4v) is 15.5. The molecule has 0 aromatic heterocycles. The third-order valence-corrected chi connectivity index (χ3v) is 19.3. The molecule has 4 fully saturated rings. The van der Waals surface area contributed by atoms with Crippen LogP contribution in [0.4, 0.5) is 0 Å². The van der Waals surface area contributed by atoms with Gasteiger partial charge in [0.05, 0.1) is 24.4 Å². The van der Waals surface area contributed by atoms with E-state index in [1.165, 1.54) is 25.7 Å². The molecule has 3 aromatic rings. The molecule has 4 aliphatic carbocycles. The normalized spacial score (nSPS) is 31.5. The van der Waals surface area contributed by atoms with E-state index in [9.17, 15) is 0 Å². The van der Waals surface area contributed by atoms with Crippen LogP contribution in [0.3, 0.4) is 0 Å². The zero-order chi connectivity index (χ0) is 47.8. The third kappa shape index (κ3) is 13.4. The SMILES string of the molecule is CC(C)[C@@H]1CC[C@@H](C)CC1OP(Oc1ccccc1C(OP(O[C@@H]1C[C@H](C)CC[C@H]1C(C)C)O[C@@H]1C[C@H](C)CC[C@H]1C(C)C)(c1ccccc1)c1ccccc1)O[C@@H]1C[C@H](C)CC[C@H]1C(C)C. The molecule has 0 heterocycles. The lowest BCUT2D eigenvalue weighted by Gasteiger charge is -2.44. The van der Waals surface area contributed by atoms with Gasteiger partial charge in [-0.2, -0.15) is 0 Å². The number of para-hydroxylation sites is 1. The van der Waals surface area contributed by atoms with E-state index in [0.717, 1.165) is 68.1 Å². The molecule has 7 rings (SSSR count). The number of benzene rings is 3. The van der Waals surface area contributed by atoms with Gasteiger partial charge >= 0.3 is 17.2 Å². The zero-order valence-corrected chi connectivity index (χ0v) is 45.4. The second kappa shape index (κ2) is 24.5. The van der Waals surface area contributed by atoms with Crippen LogP contribution in [0.2, 0.25) is 0 Å². The molecule has 4 aliphatic rings. The number of hydrogen-bond donors (Lipinski definition) is 0. The van der Waals surface area contributed by atoms with Crippen molar-refractivity contribution in [2.45, 2.75) is 190 Å². The van der Waals surface area contributed by atoms with Crippen molar-refractivity contribution in [3.05, 3.63) is 102 Å². The molecule has 0 N–H and O–H groups in total. The Bertz CT molecular complexity index is 1800. The fourth-order valence-electron chi connectivity index (χ4n) is 12.5. The van der Waals surface area contributed by atoms with E-state index >= 15 is 0 Å². The van der Waals surface area contributed by atoms with E-state index in [1.54, 1.807) is 0 Å². The van der Waals surface area contributed by atoms with Crippen molar-refractivity contribution in [2.75, 3.05) is 0 Å². The van der Waals surface area contributed by atoms with Crippen LogP contribution in [-0.4, -0.2) is 24.4 Å². The maximum atomic E-state index is 8.04. The van der Waals surface area contributed by atoms with Crippen molar-refractivity contribution < 1.29 is 27.1 Å². The maximum absolute atomic E-state index is 8.04. The van der Waals surface area contributed by atoms with Crippen LogP contribution >= 0.6 is 17.2 Å². The summed E-state index contributed by atoms with van der Waals surface area (Å²) in [4.78, 5) is 0. The first-order valence-electron chi connectivity index (χ1n) is 27.0. The molecule has 6 nitrogen and oxygen atoms in total. The molecule has 67 heavy (non-hydrogen) atoms. The van der Waals surface area contributed by atoms with Crippen molar-refractivity contribution in [2.24, 2.45) is 71.0 Å². The summed E-state index contributed by atoms with van der Waals surface area (Å²) >= 11 is 0. The monoisotopic (exact) mass is 957 g/mol. The summed E-state index contributed by atoms with van der Waals surface area (Å²) in [5, 5.41) is 0. The molecule has 8 heteroatoms.